The Morgan fingerprint density at radius 1 is 1.60 bits per heavy atom. The van der Waals surface area contributed by atoms with E-state index in [1.807, 2.05) is 6.92 Å². The van der Waals surface area contributed by atoms with Crippen LogP contribution < -0.4 is 5.73 Å². The molecule has 3 nitrogen and oxygen atoms in total. The van der Waals surface area contributed by atoms with Gasteiger partial charge >= 0.3 is 0 Å². The summed E-state index contributed by atoms with van der Waals surface area (Å²) in [4.78, 5) is 0. The Morgan fingerprint density at radius 3 is 2.20 bits per heavy atom. The van der Waals surface area contributed by atoms with Gasteiger partial charge in [-0.05, 0) is 6.42 Å². The van der Waals surface area contributed by atoms with Crippen LogP contribution >= 0.6 is 0 Å². The maximum atomic E-state index is 5.80. The predicted octanol–water partition coefficient (Wildman–Crippen LogP) is -0.964. The molecule has 2 atom stereocenters. The Balaban J connectivity index is 3.97. The molecular weight excluding hydrogens is 146 g/mol. The summed E-state index contributed by atoms with van der Waals surface area (Å²) in [7, 11) is 4.06. The van der Waals surface area contributed by atoms with Crippen LogP contribution in [-0.2, 0) is 9.47 Å². The first-order chi connectivity index (χ1) is 4.58. The smallest absolute Gasteiger partial charge is 0.117 e. The van der Waals surface area contributed by atoms with Crippen LogP contribution in [-0.4, -0.2) is 35.9 Å². The molecule has 0 fully saturated rings. The van der Waals surface area contributed by atoms with Gasteiger partial charge in [0.1, 0.15) is 5.35 Å². The highest BCUT2D eigenvalue weighted by molar-refractivity contribution is 6.14. The van der Waals surface area contributed by atoms with Gasteiger partial charge < -0.3 is 15.2 Å². The van der Waals surface area contributed by atoms with E-state index in [2.05, 4.69) is 0 Å². The van der Waals surface area contributed by atoms with E-state index >= 15 is 0 Å². The average Bonchev–Trinajstić information content (AvgIpc) is 1.90. The summed E-state index contributed by atoms with van der Waals surface area (Å²) in [6.07, 6.45) is 0.925. The van der Waals surface area contributed by atoms with Crippen molar-refractivity contribution in [2.24, 2.45) is 5.73 Å². The largest absolute Gasteiger partial charge is 0.377 e. The molecule has 0 heterocycles. The fourth-order valence-electron chi connectivity index (χ4n) is 0.937. The van der Waals surface area contributed by atoms with Crippen molar-refractivity contribution in [2.75, 3.05) is 14.2 Å². The molecule has 0 saturated heterocycles. The average molecular weight is 163 g/mol. The molecule has 62 valence electrons. The summed E-state index contributed by atoms with van der Waals surface area (Å²) in [5, 5.41) is -0.524. The molecule has 0 saturated carbocycles. The maximum absolute atomic E-state index is 5.80. The summed E-state index contributed by atoms with van der Waals surface area (Å²) < 4.78 is 10.2. The van der Waals surface area contributed by atoms with Crippen molar-refractivity contribution in [3.63, 3.8) is 0 Å². The predicted molar refractivity (Wildman–Crippen MR) is 45.0 cm³/mol. The standard InChI is InChI=1S/C6H17NO2Si/c1-4-5(8-2)6(7,10)9-3/h5H,4,7H2,1-3,10H3. The Hall–Kier alpha value is 0.0969. The van der Waals surface area contributed by atoms with Crippen molar-refractivity contribution in [2.45, 2.75) is 24.8 Å². The van der Waals surface area contributed by atoms with Gasteiger partial charge in [0.15, 0.2) is 0 Å². The third-order valence-electron chi connectivity index (χ3n) is 1.73. The number of rotatable bonds is 4. The second-order valence-corrected chi connectivity index (χ2v) is 4.08. The molecule has 2 unspecified atom stereocenters. The maximum Gasteiger partial charge on any atom is 0.117 e. The summed E-state index contributed by atoms with van der Waals surface area (Å²) in [5.74, 6) is 0. The molecule has 0 rings (SSSR count). The van der Waals surface area contributed by atoms with Crippen LogP contribution in [0.15, 0.2) is 0 Å². The SMILES string of the molecule is CCC(OC)C(N)([SiH3])OC. The molecule has 0 bridgehead atoms. The van der Waals surface area contributed by atoms with Gasteiger partial charge in [0.05, 0.1) is 16.3 Å². The number of nitrogens with two attached hydrogens (primary N) is 1. The van der Waals surface area contributed by atoms with Gasteiger partial charge in [-0.3, -0.25) is 0 Å². The highest BCUT2D eigenvalue weighted by Gasteiger charge is 2.27. The number of methoxy groups -OCH3 is 2. The van der Waals surface area contributed by atoms with Crippen LogP contribution in [0.2, 0.25) is 0 Å². The fraction of sp³-hybridized carbons (Fsp3) is 1.00. The highest BCUT2D eigenvalue weighted by Crippen LogP contribution is 2.09. The lowest BCUT2D eigenvalue weighted by Crippen LogP contribution is -2.53. The molecule has 0 aliphatic carbocycles. The zero-order valence-electron chi connectivity index (χ0n) is 7.18. The topological polar surface area (TPSA) is 44.5 Å². The highest BCUT2D eigenvalue weighted by atomic mass is 28.1. The third kappa shape index (κ3) is 2.38. The van der Waals surface area contributed by atoms with Gasteiger partial charge in [0, 0.05) is 14.2 Å². The van der Waals surface area contributed by atoms with Crippen molar-refractivity contribution in [1.82, 2.24) is 0 Å². The van der Waals surface area contributed by atoms with Crippen molar-refractivity contribution in [3.05, 3.63) is 0 Å². The first kappa shape index (κ1) is 10.1. The number of hydrogen-bond acceptors (Lipinski definition) is 3. The van der Waals surface area contributed by atoms with Crippen LogP contribution in [0.25, 0.3) is 0 Å². The van der Waals surface area contributed by atoms with Crippen LogP contribution in [0.1, 0.15) is 13.3 Å². The third-order valence-corrected chi connectivity index (χ3v) is 2.79. The fourth-order valence-corrected chi connectivity index (χ4v) is 1.58. The minimum absolute atomic E-state index is 0.0316. The summed E-state index contributed by atoms with van der Waals surface area (Å²) in [5.41, 5.74) is 5.80. The molecule has 0 spiro atoms. The first-order valence-electron chi connectivity index (χ1n) is 3.45. The van der Waals surface area contributed by atoms with Gasteiger partial charge in [0.2, 0.25) is 0 Å². The zero-order valence-corrected chi connectivity index (χ0v) is 9.18. The quantitative estimate of drug-likeness (QED) is 0.429. The molecule has 4 heteroatoms. The summed E-state index contributed by atoms with van der Waals surface area (Å²) in [6, 6.07) is 0. The molecule has 0 aromatic carbocycles. The molecule has 0 aliphatic heterocycles. The first-order valence-corrected chi connectivity index (χ1v) is 4.45. The second kappa shape index (κ2) is 4.08. The minimum atomic E-state index is -0.524. The molecule has 0 aromatic rings. The Kier molecular flexibility index (Phi) is 4.11. The van der Waals surface area contributed by atoms with E-state index in [1.165, 1.54) is 0 Å². The normalized spacial score (nSPS) is 20.4. The molecule has 0 radical (unpaired) electrons. The van der Waals surface area contributed by atoms with E-state index in [-0.39, 0.29) is 6.10 Å². The van der Waals surface area contributed by atoms with Gasteiger partial charge in [-0.15, -0.1) is 0 Å². The van der Waals surface area contributed by atoms with Crippen molar-refractivity contribution >= 4 is 10.2 Å². The van der Waals surface area contributed by atoms with E-state index in [0.717, 1.165) is 16.7 Å². The zero-order chi connectivity index (χ0) is 8.20. The molecule has 10 heavy (non-hydrogen) atoms. The van der Waals surface area contributed by atoms with E-state index in [1.54, 1.807) is 14.2 Å². The van der Waals surface area contributed by atoms with Gasteiger partial charge in [-0.1, -0.05) is 6.92 Å². The van der Waals surface area contributed by atoms with Crippen LogP contribution in [0, 0.1) is 0 Å². The minimum Gasteiger partial charge on any atom is -0.377 e. The van der Waals surface area contributed by atoms with Crippen molar-refractivity contribution < 1.29 is 9.47 Å². The second-order valence-electron chi connectivity index (χ2n) is 2.52. The lowest BCUT2D eigenvalue weighted by molar-refractivity contribution is -0.0622. The summed E-state index contributed by atoms with van der Waals surface area (Å²) in [6.45, 7) is 2.03. The summed E-state index contributed by atoms with van der Waals surface area (Å²) >= 11 is 0. The van der Waals surface area contributed by atoms with E-state index < -0.39 is 5.35 Å². The Bertz CT molecular complexity index is 93.7. The molecule has 2 N–H and O–H groups in total. The van der Waals surface area contributed by atoms with E-state index in [0.29, 0.717) is 0 Å². The van der Waals surface area contributed by atoms with Gasteiger partial charge in [-0.2, -0.15) is 0 Å². The lowest BCUT2D eigenvalue weighted by Gasteiger charge is -2.30. The van der Waals surface area contributed by atoms with E-state index in [4.69, 9.17) is 15.2 Å². The van der Waals surface area contributed by atoms with Gasteiger partial charge in [-0.25, -0.2) is 0 Å². The van der Waals surface area contributed by atoms with E-state index in [9.17, 15) is 0 Å². The molecule has 0 aromatic heterocycles. The monoisotopic (exact) mass is 163 g/mol. The van der Waals surface area contributed by atoms with Crippen LogP contribution in [0.5, 0.6) is 0 Å². The van der Waals surface area contributed by atoms with Gasteiger partial charge in [0.25, 0.3) is 0 Å². The Labute approximate surface area is 65.3 Å². The van der Waals surface area contributed by atoms with Crippen LogP contribution in [0.3, 0.4) is 0 Å². The molecular formula is C6H17NO2Si. The Morgan fingerprint density at radius 2 is 2.10 bits per heavy atom. The molecule has 0 aliphatic rings. The van der Waals surface area contributed by atoms with Crippen molar-refractivity contribution in [3.8, 4) is 0 Å². The molecule has 0 amide bonds. The number of hydrogen-bond donors (Lipinski definition) is 1. The van der Waals surface area contributed by atoms with Crippen LogP contribution in [0.4, 0.5) is 0 Å². The lowest BCUT2D eigenvalue weighted by atomic mass is 10.2. The number of ether oxygens (including phenoxy) is 2. The van der Waals surface area contributed by atoms with Crippen molar-refractivity contribution in [1.29, 1.82) is 0 Å².